The Morgan fingerprint density at radius 3 is 1.46 bits per heavy atom. The fourth-order valence-electron chi connectivity index (χ4n) is 6.10. The van der Waals surface area contributed by atoms with Crippen molar-refractivity contribution in [2.24, 2.45) is 0 Å². The van der Waals surface area contributed by atoms with Crippen LogP contribution >= 0.6 is 0 Å². The summed E-state index contributed by atoms with van der Waals surface area (Å²) in [5.41, 5.74) is 12.2. The van der Waals surface area contributed by atoms with Gasteiger partial charge in [-0.15, -0.1) is 0 Å². The van der Waals surface area contributed by atoms with E-state index < -0.39 is 17.4 Å². The zero-order chi connectivity index (χ0) is 18.9. The molecule has 0 nitrogen and oxygen atoms in total. The first kappa shape index (κ1) is 18.4. The van der Waals surface area contributed by atoms with Crippen molar-refractivity contribution in [3.05, 3.63) is 80.9 Å². The molecule has 0 aromatic heterocycles. The molecule has 2 aromatic carbocycles. The number of aryl methyl sites for hydroxylation is 2. The van der Waals surface area contributed by atoms with Crippen LogP contribution < -0.4 is 0 Å². The Balaban J connectivity index is 1.95. The summed E-state index contributed by atoms with van der Waals surface area (Å²) < 4.78 is 6.70. The molecule has 2 heteroatoms. The van der Waals surface area contributed by atoms with E-state index in [0.717, 1.165) is 0 Å². The van der Waals surface area contributed by atoms with Gasteiger partial charge in [-0.25, -0.2) is 0 Å². The molecule has 2 aliphatic rings. The zero-order valence-corrected chi connectivity index (χ0v) is 20.9. The number of hydrogen-bond donors (Lipinski definition) is 0. The Morgan fingerprint density at radius 1 is 0.692 bits per heavy atom. The zero-order valence-electron chi connectivity index (χ0n) is 17.0. The fraction of sp³-hybridized carbons (Fsp3) is 0.333. The number of benzene rings is 2. The molecule has 2 atom stereocenters. The molecular formula is C24H30SiZr. The summed E-state index contributed by atoms with van der Waals surface area (Å²) in [6.45, 7) is 11.7. The third-order valence-corrected chi connectivity index (χ3v) is 24.8. The molecule has 0 N–H and O–H groups in total. The van der Waals surface area contributed by atoms with Crippen LogP contribution in [0.2, 0.25) is 9.26 Å². The molecule has 0 radical (unpaired) electrons. The van der Waals surface area contributed by atoms with Gasteiger partial charge in [0.25, 0.3) is 0 Å². The minimum atomic E-state index is -3.22. The SMILES string of the molecule is CC1=Cc2c(C)cccc2[CH]1[Zr]([CH3])([CH3])(=[SiH2])[CH]1C(C)=Cc2c(C)cccc21. The molecule has 134 valence electrons. The van der Waals surface area contributed by atoms with E-state index in [1.165, 1.54) is 22.3 Å². The van der Waals surface area contributed by atoms with E-state index in [4.69, 9.17) is 0 Å². The van der Waals surface area contributed by atoms with Crippen LogP contribution in [0.25, 0.3) is 12.2 Å². The van der Waals surface area contributed by atoms with Crippen LogP contribution in [0.4, 0.5) is 0 Å². The Labute approximate surface area is 160 Å². The van der Waals surface area contributed by atoms with Crippen molar-refractivity contribution < 1.29 is 17.4 Å². The first-order valence-electron chi connectivity index (χ1n) is 9.73. The summed E-state index contributed by atoms with van der Waals surface area (Å²) in [4.78, 5) is 0. The van der Waals surface area contributed by atoms with E-state index in [0.29, 0.717) is 7.25 Å². The molecule has 0 spiro atoms. The molecule has 2 aromatic rings. The van der Waals surface area contributed by atoms with E-state index in [9.17, 15) is 0 Å². The van der Waals surface area contributed by atoms with Gasteiger partial charge in [-0.2, -0.15) is 0 Å². The second-order valence-corrected chi connectivity index (χ2v) is 40.2. The standard InChI is InChI=1S/2C11H11.2CH3.H2Si.Zr/c2*1-8-6-10-5-3-4-9(2)11(10)7-8;;;;/h2*3-7H,1-2H3;2*1H3;1H2;. The van der Waals surface area contributed by atoms with Gasteiger partial charge in [-0.3, -0.25) is 0 Å². The molecule has 0 bridgehead atoms. The van der Waals surface area contributed by atoms with Gasteiger partial charge in [0, 0.05) is 0 Å². The molecular weight excluding hydrogens is 408 g/mol. The maximum absolute atomic E-state index is 3.22. The maximum atomic E-state index is 2.71. The van der Waals surface area contributed by atoms with Gasteiger partial charge in [-0.05, 0) is 0 Å². The predicted molar refractivity (Wildman–Crippen MR) is 115 cm³/mol. The van der Waals surface area contributed by atoms with Crippen LogP contribution in [0.1, 0.15) is 54.5 Å². The van der Waals surface area contributed by atoms with Crippen molar-refractivity contribution in [2.45, 2.75) is 44.2 Å². The van der Waals surface area contributed by atoms with Crippen LogP contribution in [0.5, 0.6) is 0 Å². The average Bonchev–Trinajstić information content (AvgIpc) is 3.06. The predicted octanol–water partition coefficient (Wildman–Crippen LogP) is 6.25. The summed E-state index contributed by atoms with van der Waals surface area (Å²) in [6.07, 6.45) is 4.96. The van der Waals surface area contributed by atoms with Crippen molar-refractivity contribution >= 4 is 19.0 Å². The molecule has 0 saturated carbocycles. The van der Waals surface area contributed by atoms with Gasteiger partial charge in [0.05, 0.1) is 0 Å². The van der Waals surface area contributed by atoms with Gasteiger partial charge < -0.3 is 0 Å². The van der Waals surface area contributed by atoms with Crippen molar-refractivity contribution in [1.82, 2.24) is 0 Å². The third-order valence-electron chi connectivity index (χ3n) is 6.89. The normalized spacial score (nSPS) is 22.0. The summed E-state index contributed by atoms with van der Waals surface area (Å²) in [5, 5.41) is 0. The number of hydrogen-bond acceptors (Lipinski definition) is 0. The third kappa shape index (κ3) is 2.49. The van der Waals surface area contributed by atoms with Crippen molar-refractivity contribution in [3.63, 3.8) is 0 Å². The van der Waals surface area contributed by atoms with Crippen molar-refractivity contribution in [3.8, 4) is 0 Å². The van der Waals surface area contributed by atoms with Crippen molar-refractivity contribution in [1.29, 1.82) is 0 Å². The second kappa shape index (κ2) is 5.76. The first-order chi connectivity index (χ1) is 12.1. The van der Waals surface area contributed by atoms with Crippen LogP contribution in [0, 0.1) is 13.8 Å². The Kier molecular flexibility index (Phi) is 4.07. The summed E-state index contributed by atoms with van der Waals surface area (Å²) >= 11 is -3.22. The molecule has 0 amide bonds. The van der Waals surface area contributed by atoms with Crippen molar-refractivity contribution in [2.75, 3.05) is 0 Å². The Morgan fingerprint density at radius 2 is 1.08 bits per heavy atom. The van der Waals surface area contributed by atoms with E-state index in [1.54, 1.807) is 22.3 Å². The van der Waals surface area contributed by atoms with Gasteiger partial charge in [0.1, 0.15) is 0 Å². The molecule has 4 rings (SSSR count). The summed E-state index contributed by atoms with van der Waals surface area (Å²) in [6, 6.07) is 13.8. The summed E-state index contributed by atoms with van der Waals surface area (Å²) in [5.74, 6) is 0. The second-order valence-electron chi connectivity index (χ2n) is 9.74. The molecule has 0 saturated heterocycles. The molecule has 2 aliphatic carbocycles. The molecule has 0 aliphatic heterocycles. The quantitative estimate of drug-likeness (QED) is 0.487. The molecule has 2 unspecified atom stereocenters. The monoisotopic (exact) mass is 436 g/mol. The van der Waals surface area contributed by atoms with E-state index >= 15 is 0 Å². The first-order valence-corrected chi connectivity index (χ1v) is 23.4. The molecule has 0 fully saturated rings. The van der Waals surface area contributed by atoms with Gasteiger partial charge in [0.15, 0.2) is 0 Å². The van der Waals surface area contributed by atoms with Crippen LogP contribution in [0.3, 0.4) is 0 Å². The van der Waals surface area contributed by atoms with Crippen LogP contribution in [-0.2, 0) is 17.4 Å². The molecule has 0 heterocycles. The number of allylic oxidation sites excluding steroid dienone is 2. The van der Waals surface area contributed by atoms with Gasteiger partial charge in [-0.1, -0.05) is 0 Å². The Hall–Kier alpha value is -0.980. The summed E-state index contributed by atoms with van der Waals surface area (Å²) in [7, 11) is 0. The topological polar surface area (TPSA) is 0 Å². The number of fused-ring (bicyclic) bond motifs is 2. The van der Waals surface area contributed by atoms with E-state index in [-0.39, 0.29) is 0 Å². The average molecular weight is 438 g/mol. The van der Waals surface area contributed by atoms with Gasteiger partial charge in [0.2, 0.25) is 0 Å². The fourth-order valence-corrected chi connectivity index (χ4v) is 27.4. The molecule has 26 heavy (non-hydrogen) atoms. The van der Waals surface area contributed by atoms with Crippen LogP contribution in [0.15, 0.2) is 47.5 Å². The number of rotatable bonds is 2. The van der Waals surface area contributed by atoms with Crippen LogP contribution in [-0.4, -0.2) is 6.88 Å². The van der Waals surface area contributed by atoms with E-state index in [1.807, 2.05) is 0 Å². The van der Waals surface area contributed by atoms with Gasteiger partial charge >= 0.3 is 162 Å². The minimum absolute atomic E-state index is 0.643. The Bertz CT molecular complexity index is 982. The van der Waals surface area contributed by atoms with E-state index in [2.05, 4.69) is 92.4 Å².